The highest BCUT2D eigenvalue weighted by Crippen LogP contribution is 2.40. The van der Waals surface area contributed by atoms with Crippen LogP contribution < -0.4 is 0 Å². The van der Waals surface area contributed by atoms with E-state index in [9.17, 15) is 9.59 Å². The van der Waals surface area contributed by atoms with Crippen LogP contribution in [0.2, 0.25) is 0 Å². The number of esters is 1. The molecule has 0 bridgehead atoms. The van der Waals surface area contributed by atoms with Gasteiger partial charge < -0.3 is 9.64 Å². The molecule has 0 saturated carbocycles. The van der Waals surface area contributed by atoms with Crippen molar-refractivity contribution in [2.75, 3.05) is 13.7 Å². The number of hydrogen-bond acceptors (Lipinski definition) is 3. The summed E-state index contributed by atoms with van der Waals surface area (Å²) in [4.78, 5) is 25.4. The van der Waals surface area contributed by atoms with E-state index < -0.39 is 0 Å². The molecule has 0 aromatic heterocycles. The molecule has 0 aromatic carbocycles. The second-order valence-corrected chi connectivity index (χ2v) is 5.50. The minimum atomic E-state index is -0.254. The predicted octanol–water partition coefficient (Wildman–Crippen LogP) is 1.20. The first-order valence-electron chi connectivity index (χ1n) is 5.84. The summed E-state index contributed by atoms with van der Waals surface area (Å²) >= 11 is 0. The molecule has 1 amide bonds. The van der Waals surface area contributed by atoms with Crippen molar-refractivity contribution >= 4 is 11.9 Å². The summed E-state index contributed by atoms with van der Waals surface area (Å²) in [6.45, 7) is 4.52. The Morgan fingerprint density at radius 1 is 1.44 bits per heavy atom. The molecule has 90 valence electrons. The third kappa shape index (κ3) is 1.70. The smallest absolute Gasteiger partial charge is 0.310 e. The number of fused-ring (bicyclic) bond motifs is 1. The zero-order valence-electron chi connectivity index (χ0n) is 10.2. The highest BCUT2D eigenvalue weighted by atomic mass is 16.5. The van der Waals surface area contributed by atoms with E-state index in [-0.39, 0.29) is 23.2 Å². The lowest BCUT2D eigenvalue weighted by molar-refractivity contribution is -0.149. The van der Waals surface area contributed by atoms with Gasteiger partial charge >= 0.3 is 5.97 Å². The fourth-order valence-corrected chi connectivity index (χ4v) is 2.91. The van der Waals surface area contributed by atoms with Gasteiger partial charge in [0.15, 0.2) is 0 Å². The molecule has 0 N–H and O–H groups in total. The molecule has 4 heteroatoms. The largest absolute Gasteiger partial charge is 0.469 e. The molecule has 0 spiro atoms. The van der Waals surface area contributed by atoms with Crippen LogP contribution in [0.4, 0.5) is 0 Å². The van der Waals surface area contributed by atoms with Crippen molar-refractivity contribution < 1.29 is 14.3 Å². The number of nitrogens with zero attached hydrogens (tertiary/aromatic N) is 1. The van der Waals surface area contributed by atoms with Crippen LogP contribution >= 0.6 is 0 Å². The van der Waals surface area contributed by atoms with Gasteiger partial charge in [-0.3, -0.25) is 9.59 Å². The molecule has 2 fully saturated rings. The molecule has 4 nitrogen and oxygen atoms in total. The van der Waals surface area contributed by atoms with Gasteiger partial charge in [-0.25, -0.2) is 0 Å². The molecule has 0 aliphatic carbocycles. The fourth-order valence-electron chi connectivity index (χ4n) is 2.91. The predicted molar refractivity (Wildman–Crippen MR) is 58.6 cm³/mol. The van der Waals surface area contributed by atoms with Gasteiger partial charge in [0.25, 0.3) is 0 Å². The molecule has 2 saturated heterocycles. The zero-order valence-corrected chi connectivity index (χ0v) is 10.2. The van der Waals surface area contributed by atoms with Crippen LogP contribution in [0.25, 0.3) is 0 Å². The SMILES string of the molecule is COC(=O)[C@@H]1CC[C@H]2CC(C)(C)C(=O)N2C1. The first-order valence-corrected chi connectivity index (χ1v) is 5.84. The highest BCUT2D eigenvalue weighted by Gasteiger charge is 2.48. The Bertz CT molecular complexity index is 324. The number of carbonyl (C=O) groups excluding carboxylic acids is 2. The number of carbonyl (C=O) groups is 2. The van der Waals surface area contributed by atoms with Gasteiger partial charge in [-0.2, -0.15) is 0 Å². The highest BCUT2D eigenvalue weighted by molar-refractivity contribution is 5.85. The monoisotopic (exact) mass is 225 g/mol. The first-order chi connectivity index (χ1) is 7.45. The minimum Gasteiger partial charge on any atom is -0.469 e. The fraction of sp³-hybridized carbons (Fsp3) is 0.833. The second-order valence-electron chi connectivity index (χ2n) is 5.50. The van der Waals surface area contributed by atoms with Crippen LogP contribution in [0.15, 0.2) is 0 Å². The lowest BCUT2D eigenvalue weighted by atomic mass is 9.87. The van der Waals surface area contributed by atoms with Crippen molar-refractivity contribution in [1.29, 1.82) is 0 Å². The molecule has 0 radical (unpaired) electrons. The second kappa shape index (κ2) is 3.75. The summed E-state index contributed by atoms with van der Waals surface area (Å²) in [5, 5.41) is 0. The average molecular weight is 225 g/mol. The molecule has 2 atom stereocenters. The van der Waals surface area contributed by atoms with Crippen molar-refractivity contribution in [3.8, 4) is 0 Å². The summed E-state index contributed by atoms with van der Waals surface area (Å²) in [7, 11) is 1.41. The lowest BCUT2D eigenvalue weighted by Crippen LogP contribution is -2.45. The van der Waals surface area contributed by atoms with Gasteiger partial charge in [0.1, 0.15) is 0 Å². The number of piperidine rings is 1. The number of ether oxygens (including phenoxy) is 1. The van der Waals surface area contributed by atoms with E-state index in [1.54, 1.807) is 0 Å². The summed E-state index contributed by atoms with van der Waals surface area (Å²) in [6, 6.07) is 0.336. The Morgan fingerprint density at radius 2 is 2.12 bits per heavy atom. The van der Waals surface area contributed by atoms with E-state index in [1.807, 2.05) is 18.7 Å². The molecule has 16 heavy (non-hydrogen) atoms. The maximum Gasteiger partial charge on any atom is 0.310 e. The summed E-state index contributed by atoms with van der Waals surface area (Å²) in [6.07, 6.45) is 2.69. The Balaban J connectivity index is 2.10. The molecular weight excluding hydrogens is 206 g/mol. The zero-order chi connectivity index (χ0) is 11.9. The summed E-state index contributed by atoms with van der Waals surface area (Å²) < 4.78 is 4.75. The number of hydrogen-bond donors (Lipinski definition) is 0. The number of methoxy groups -OCH3 is 1. The van der Waals surface area contributed by atoms with E-state index in [0.29, 0.717) is 12.6 Å². The van der Waals surface area contributed by atoms with E-state index in [0.717, 1.165) is 19.3 Å². The van der Waals surface area contributed by atoms with Gasteiger partial charge in [-0.05, 0) is 19.3 Å². The maximum absolute atomic E-state index is 12.1. The number of rotatable bonds is 1. The molecule has 0 aromatic rings. The lowest BCUT2D eigenvalue weighted by Gasteiger charge is -2.33. The molecule has 2 aliphatic heterocycles. The van der Waals surface area contributed by atoms with Crippen LogP contribution in [-0.2, 0) is 14.3 Å². The van der Waals surface area contributed by atoms with Crippen LogP contribution in [0.1, 0.15) is 33.1 Å². The van der Waals surface area contributed by atoms with Crippen LogP contribution in [0.5, 0.6) is 0 Å². The maximum atomic E-state index is 12.1. The Hall–Kier alpha value is -1.06. The van der Waals surface area contributed by atoms with Gasteiger partial charge in [0, 0.05) is 18.0 Å². The van der Waals surface area contributed by atoms with Gasteiger partial charge in [-0.15, -0.1) is 0 Å². The molecular formula is C12H19NO3. The molecule has 0 unspecified atom stereocenters. The normalized spacial score (nSPS) is 32.4. The Morgan fingerprint density at radius 3 is 2.75 bits per heavy atom. The average Bonchev–Trinajstić information content (AvgIpc) is 2.48. The van der Waals surface area contributed by atoms with Gasteiger partial charge in [0.2, 0.25) is 5.91 Å². The van der Waals surface area contributed by atoms with E-state index >= 15 is 0 Å². The molecule has 2 aliphatic rings. The summed E-state index contributed by atoms with van der Waals surface area (Å²) in [5.41, 5.74) is -0.254. The Kier molecular flexibility index (Phi) is 2.68. The van der Waals surface area contributed by atoms with Crippen molar-refractivity contribution in [2.45, 2.75) is 39.2 Å². The number of amides is 1. The van der Waals surface area contributed by atoms with Crippen molar-refractivity contribution in [1.82, 2.24) is 4.90 Å². The van der Waals surface area contributed by atoms with Crippen LogP contribution in [0, 0.1) is 11.3 Å². The molecule has 2 rings (SSSR count). The van der Waals surface area contributed by atoms with Crippen LogP contribution in [-0.4, -0.2) is 36.5 Å². The third-order valence-electron chi connectivity index (χ3n) is 3.83. The third-order valence-corrected chi connectivity index (χ3v) is 3.83. The first kappa shape index (κ1) is 11.4. The van der Waals surface area contributed by atoms with Crippen molar-refractivity contribution in [3.05, 3.63) is 0 Å². The minimum absolute atomic E-state index is 0.126. The van der Waals surface area contributed by atoms with E-state index in [2.05, 4.69) is 0 Å². The molecule has 2 heterocycles. The topological polar surface area (TPSA) is 46.6 Å². The Labute approximate surface area is 95.9 Å². The van der Waals surface area contributed by atoms with E-state index in [1.165, 1.54) is 7.11 Å². The van der Waals surface area contributed by atoms with Crippen LogP contribution in [0.3, 0.4) is 0 Å². The van der Waals surface area contributed by atoms with E-state index in [4.69, 9.17) is 4.74 Å². The summed E-state index contributed by atoms with van der Waals surface area (Å²) in [5.74, 6) is -0.124. The quantitative estimate of drug-likeness (QED) is 0.630. The van der Waals surface area contributed by atoms with Crippen molar-refractivity contribution in [3.63, 3.8) is 0 Å². The van der Waals surface area contributed by atoms with Crippen molar-refractivity contribution in [2.24, 2.45) is 11.3 Å². The van der Waals surface area contributed by atoms with Gasteiger partial charge in [-0.1, -0.05) is 13.8 Å². The van der Waals surface area contributed by atoms with Gasteiger partial charge in [0.05, 0.1) is 13.0 Å². The standard InChI is InChI=1S/C12H19NO3/c1-12(2)6-9-5-4-8(10(14)16-3)7-13(9)11(12)15/h8-9H,4-7H2,1-3H3/t8-,9+/m1/s1.